The second kappa shape index (κ2) is 4.98. The van der Waals surface area contributed by atoms with Gasteiger partial charge in [0.1, 0.15) is 0 Å². The highest BCUT2D eigenvalue weighted by molar-refractivity contribution is 6.30. The van der Waals surface area contributed by atoms with E-state index >= 15 is 0 Å². The zero-order valence-electron chi connectivity index (χ0n) is 10.5. The van der Waals surface area contributed by atoms with Gasteiger partial charge < -0.3 is 4.57 Å². The molecule has 4 nitrogen and oxygen atoms in total. The Balaban J connectivity index is 1.98. The molecule has 0 N–H and O–H groups in total. The maximum atomic E-state index is 10.8. The lowest BCUT2D eigenvalue weighted by atomic mass is 10.2. The fourth-order valence-corrected chi connectivity index (χ4v) is 2.48. The Labute approximate surface area is 120 Å². The highest BCUT2D eigenvalue weighted by atomic mass is 35.5. The number of fused-ring (bicyclic) bond motifs is 1. The fraction of sp³-hybridized carbons (Fsp3) is 0.0667. The van der Waals surface area contributed by atoms with Gasteiger partial charge in [-0.1, -0.05) is 23.7 Å². The molecule has 0 radical (unpaired) electrons. The standard InChI is InChI=1S/C15H11ClN2O2/c16-13-3-1-2-11(8-13)10-17-7-6-12-9-14(18(19)20)4-5-15(12)17/h1-9H,10H2. The number of benzene rings is 2. The second-order valence-electron chi connectivity index (χ2n) is 4.57. The monoisotopic (exact) mass is 286 g/mol. The summed E-state index contributed by atoms with van der Waals surface area (Å²) in [5.74, 6) is 0. The van der Waals surface area contributed by atoms with Gasteiger partial charge >= 0.3 is 0 Å². The summed E-state index contributed by atoms with van der Waals surface area (Å²) >= 11 is 5.97. The van der Waals surface area contributed by atoms with Gasteiger partial charge in [0.2, 0.25) is 0 Å². The first-order valence-corrected chi connectivity index (χ1v) is 6.49. The molecule has 0 aliphatic heterocycles. The molecule has 0 amide bonds. The van der Waals surface area contributed by atoms with Crippen molar-refractivity contribution in [1.82, 2.24) is 4.57 Å². The maximum Gasteiger partial charge on any atom is 0.270 e. The summed E-state index contributed by atoms with van der Waals surface area (Å²) in [6.07, 6.45) is 1.93. The van der Waals surface area contributed by atoms with Gasteiger partial charge in [-0.3, -0.25) is 10.1 Å². The lowest BCUT2D eigenvalue weighted by Crippen LogP contribution is -1.97. The molecular formula is C15H11ClN2O2. The average molecular weight is 287 g/mol. The Morgan fingerprint density at radius 3 is 2.75 bits per heavy atom. The van der Waals surface area contributed by atoms with Crippen molar-refractivity contribution in [3.8, 4) is 0 Å². The Morgan fingerprint density at radius 2 is 2.00 bits per heavy atom. The topological polar surface area (TPSA) is 48.1 Å². The minimum absolute atomic E-state index is 0.109. The van der Waals surface area contributed by atoms with Gasteiger partial charge in [-0.2, -0.15) is 0 Å². The van der Waals surface area contributed by atoms with Crippen LogP contribution in [0.5, 0.6) is 0 Å². The van der Waals surface area contributed by atoms with Crippen LogP contribution < -0.4 is 0 Å². The SMILES string of the molecule is O=[N+]([O-])c1ccc2c(ccn2Cc2cccc(Cl)c2)c1. The molecule has 0 aliphatic rings. The molecule has 0 saturated heterocycles. The summed E-state index contributed by atoms with van der Waals surface area (Å²) in [7, 11) is 0. The second-order valence-corrected chi connectivity index (χ2v) is 5.01. The number of rotatable bonds is 3. The number of non-ortho nitro benzene ring substituents is 1. The van der Waals surface area contributed by atoms with Crippen LogP contribution in [0.4, 0.5) is 5.69 Å². The summed E-state index contributed by atoms with van der Waals surface area (Å²) in [6.45, 7) is 0.682. The fourth-order valence-electron chi connectivity index (χ4n) is 2.27. The third kappa shape index (κ3) is 2.38. The highest BCUT2D eigenvalue weighted by Crippen LogP contribution is 2.23. The van der Waals surface area contributed by atoms with Gasteiger partial charge in [0.25, 0.3) is 5.69 Å². The molecule has 20 heavy (non-hydrogen) atoms. The van der Waals surface area contributed by atoms with Crippen molar-refractivity contribution >= 4 is 28.2 Å². The largest absolute Gasteiger partial charge is 0.343 e. The Hall–Kier alpha value is -2.33. The Bertz CT molecular complexity index is 795. The molecule has 1 aromatic heterocycles. The van der Waals surface area contributed by atoms with Crippen LogP contribution in [0.15, 0.2) is 54.7 Å². The molecule has 0 spiro atoms. The lowest BCUT2D eigenvalue weighted by Gasteiger charge is -2.06. The number of hydrogen-bond acceptors (Lipinski definition) is 2. The number of nitro benzene ring substituents is 1. The van der Waals surface area contributed by atoms with Crippen molar-refractivity contribution in [1.29, 1.82) is 0 Å². The predicted octanol–water partition coefficient (Wildman–Crippen LogP) is 4.25. The number of nitrogens with zero attached hydrogens (tertiary/aromatic N) is 2. The van der Waals surface area contributed by atoms with Gasteiger partial charge in [0.15, 0.2) is 0 Å². The number of aromatic nitrogens is 1. The molecule has 0 aliphatic carbocycles. The van der Waals surface area contributed by atoms with E-state index in [4.69, 9.17) is 11.6 Å². The van der Waals surface area contributed by atoms with Crippen molar-refractivity contribution < 1.29 is 4.92 Å². The van der Waals surface area contributed by atoms with Gasteiger partial charge in [-0.05, 0) is 29.8 Å². The van der Waals surface area contributed by atoms with Crippen molar-refractivity contribution in [2.75, 3.05) is 0 Å². The number of halogens is 1. The first kappa shape index (κ1) is 12.7. The molecule has 0 fully saturated rings. The molecule has 0 atom stereocenters. The first-order valence-electron chi connectivity index (χ1n) is 6.11. The first-order chi connectivity index (χ1) is 9.63. The van der Waals surface area contributed by atoms with Crippen LogP contribution in [0.2, 0.25) is 5.02 Å². The number of hydrogen-bond donors (Lipinski definition) is 0. The summed E-state index contributed by atoms with van der Waals surface area (Å²) in [6, 6.07) is 14.4. The predicted molar refractivity (Wildman–Crippen MR) is 79.1 cm³/mol. The van der Waals surface area contributed by atoms with E-state index in [1.165, 1.54) is 6.07 Å². The van der Waals surface area contributed by atoms with E-state index in [1.54, 1.807) is 12.1 Å². The molecule has 5 heteroatoms. The molecule has 0 bridgehead atoms. The highest BCUT2D eigenvalue weighted by Gasteiger charge is 2.08. The zero-order valence-corrected chi connectivity index (χ0v) is 11.2. The summed E-state index contributed by atoms with van der Waals surface area (Å²) in [4.78, 5) is 10.4. The molecule has 1 heterocycles. The van der Waals surface area contributed by atoms with Crippen LogP contribution in [0, 0.1) is 10.1 Å². The van der Waals surface area contributed by atoms with Crippen LogP contribution in [0.1, 0.15) is 5.56 Å². The summed E-state index contributed by atoms with van der Waals surface area (Å²) in [5.41, 5.74) is 2.17. The Morgan fingerprint density at radius 1 is 1.15 bits per heavy atom. The van der Waals surface area contributed by atoms with Gasteiger partial charge in [0.05, 0.1) is 4.92 Å². The van der Waals surface area contributed by atoms with Crippen molar-refractivity contribution in [3.05, 3.63) is 75.4 Å². The van der Waals surface area contributed by atoms with Crippen molar-refractivity contribution in [2.45, 2.75) is 6.54 Å². The van der Waals surface area contributed by atoms with Crippen molar-refractivity contribution in [2.24, 2.45) is 0 Å². The third-order valence-corrected chi connectivity index (χ3v) is 3.44. The molecule has 0 saturated carbocycles. The molecule has 0 unspecified atom stereocenters. The number of nitro groups is 1. The van der Waals surface area contributed by atoms with E-state index in [9.17, 15) is 10.1 Å². The minimum atomic E-state index is -0.381. The third-order valence-electron chi connectivity index (χ3n) is 3.21. The smallest absolute Gasteiger partial charge is 0.270 e. The molecule has 100 valence electrons. The quantitative estimate of drug-likeness (QED) is 0.534. The normalized spacial score (nSPS) is 10.8. The lowest BCUT2D eigenvalue weighted by molar-refractivity contribution is -0.384. The maximum absolute atomic E-state index is 10.8. The van der Waals surface area contributed by atoms with Gasteiger partial charge in [0, 0.05) is 40.8 Å². The van der Waals surface area contributed by atoms with E-state index in [2.05, 4.69) is 0 Å². The summed E-state index contributed by atoms with van der Waals surface area (Å²) in [5, 5.41) is 12.3. The summed E-state index contributed by atoms with van der Waals surface area (Å²) < 4.78 is 2.05. The minimum Gasteiger partial charge on any atom is -0.343 e. The van der Waals surface area contributed by atoms with Crippen LogP contribution in [-0.2, 0) is 6.54 Å². The van der Waals surface area contributed by atoms with Crippen LogP contribution in [-0.4, -0.2) is 9.49 Å². The molecule has 3 aromatic rings. The molecular weight excluding hydrogens is 276 g/mol. The van der Waals surface area contributed by atoms with E-state index in [0.717, 1.165) is 16.5 Å². The van der Waals surface area contributed by atoms with E-state index in [-0.39, 0.29) is 10.6 Å². The Kier molecular flexibility index (Phi) is 3.16. The van der Waals surface area contributed by atoms with E-state index in [0.29, 0.717) is 11.6 Å². The van der Waals surface area contributed by atoms with E-state index < -0.39 is 0 Å². The van der Waals surface area contributed by atoms with E-state index in [1.807, 2.05) is 41.1 Å². The van der Waals surface area contributed by atoms with Crippen LogP contribution in [0.25, 0.3) is 10.9 Å². The zero-order chi connectivity index (χ0) is 14.1. The van der Waals surface area contributed by atoms with Crippen molar-refractivity contribution in [3.63, 3.8) is 0 Å². The van der Waals surface area contributed by atoms with Crippen LogP contribution >= 0.6 is 11.6 Å². The van der Waals surface area contributed by atoms with Gasteiger partial charge in [-0.25, -0.2) is 0 Å². The van der Waals surface area contributed by atoms with Crippen LogP contribution in [0.3, 0.4) is 0 Å². The molecule has 2 aromatic carbocycles. The average Bonchev–Trinajstić information content (AvgIpc) is 2.81. The van der Waals surface area contributed by atoms with Gasteiger partial charge in [-0.15, -0.1) is 0 Å². The molecule has 3 rings (SSSR count).